The second-order valence-corrected chi connectivity index (χ2v) is 4.61. The van der Waals surface area contributed by atoms with Crippen LogP contribution in [0.2, 0.25) is 0 Å². The van der Waals surface area contributed by atoms with E-state index in [4.69, 9.17) is 14.9 Å². The molecule has 0 saturated heterocycles. The first-order valence-electron chi connectivity index (χ1n) is 5.23. The van der Waals surface area contributed by atoms with Gasteiger partial charge >= 0.3 is 5.97 Å². The number of nitrogen functional groups attached to an aromatic ring is 1. The second-order valence-electron chi connectivity index (χ2n) is 3.56. The monoisotopic (exact) mass is 251 g/mol. The summed E-state index contributed by atoms with van der Waals surface area (Å²) in [6.07, 6.45) is 1.65. The van der Waals surface area contributed by atoms with Gasteiger partial charge in [0.05, 0.1) is 18.6 Å². The Bertz CT molecular complexity index is 542. The van der Waals surface area contributed by atoms with E-state index in [9.17, 15) is 4.79 Å². The fraction of sp³-hybridized carbons (Fsp3) is 0.250. The first-order chi connectivity index (χ1) is 8.11. The van der Waals surface area contributed by atoms with E-state index >= 15 is 0 Å². The minimum atomic E-state index is -0.374. The Balaban J connectivity index is 2.33. The topological polar surface area (TPSA) is 65.5 Å². The summed E-state index contributed by atoms with van der Waals surface area (Å²) >= 11 is 1.31. The summed E-state index contributed by atoms with van der Waals surface area (Å²) in [6.45, 7) is 3.98. The molecule has 0 spiro atoms. The van der Waals surface area contributed by atoms with Gasteiger partial charge in [-0.3, -0.25) is 0 Å². The number of anilines is 1. The van der Waals surface area contributed by atoms with E-state index in [1.807, 2.05) is 13.0 Å². The predicted octanol–water partition coefficient (Wildman–Crippen LogP) is 3.08. The first-order valence-corrected chi connectivity index (χ1v) is 6.05. The van der Waals surface area contributed by atoms with Crippen LogP contribution < -0.4 is 5.73 Å². The third kappa shape index (κ3) is 2.34. The minimum Gasteiger partial charge on any atom is -0.469 e. The molecule has 0 fully saturated rings. The van der Waals surface area contributed by atoms with Crippen molar-refractivity contribution in [3.63, 3.8) is 0 Å². The summed E-state index contributed by atoms with van der Waals surface area (Å²) in [5, 5.41) is 0. The maximum atomic E-state index is 11.6. The van der Waals surface area contributed by atoms with Crippen LogP contribution in [0.4, 0.5) is 5.69 Å². The van der Waals surface area contributed by atoms with Crippen LogP contribution in [0.15, 0.2) is 22.8 Å². The molecule has 90 valence electrons. The van der Waals surface area contributed by atoms with Gasteiger partial charge in [0.2, 0.25) is 0 Å². The second kappa shape index (κ2) is 4.63. The average Bonchev–Trinajstić information content (AvgIpc) is 2.85. The summed E-state index contributed by atoms with van der Waals surface area (Å²) < 4.78 is 10.2. The molecule has 5 heteroatoms. The molecule has 0 unspecified atom stereocenters. The van der Waals surface area contributed by atoms with E-state index < -0.39 is 0 Å². The molecule has 17 heavy (non-hydrogen) atoms. The van der Waals surface area contributed by atoms with Crippen LogP contribution in [-0.4, -0.2) is 12.6 Å². The zero-order valence-electron chi connectivity index (χ0n) is 9.65. The van der Waals surface area contributed by atoms with Gasteiger partial charge in [-0.2, -0.15) is 0 Å². The molecule has 2 heterocycles. The molecule has 0 bridgehead atoms. The quantitative estimate of drug-likeness (QED) is 0.851. The molecule has 2 N–H and O–H groups in total. The highest BCUT2D eigenvalue weighted by molar-refractivity contribution is 7.18. The van der Waals surface area contributed by atoms with Crippen LogP contribution in [0.5, 0.6) is 0 Å². The van der Waals surface area contributed by atoms with Gasteiger partial charge in [0, 0.05) is 10.4 Å². The molecular formula is C12H13NO3S. The number of carbonyl (C=O) groups excluding carboxylic acids is 1. The summed E-state index contributed by atoms with van der Waals surface area (Å²) in [6, 6.07) is 3.67. The van der Waals surface area contributed by atoms with Gasteiger partial charge in [-0.1, -0.05) is 0 Å². The van der Waals surface area contributed by atoms with E-state index in [0.717, 1.165) is 16.2 Å². The van der Waals surface area contributed by atoms with Gasteiger partial charge in [-0.05, 0) is 26.0 Å². The third-order valence-electron chi connectivity index (χ3n) is 2.24. The Labute approximate surface area is 103 Å². The number of rotatable bonds is 3. The van der Waals surface area contributed by atoms with Crippen molar-refractivity contribution in [2.45, 2.75) is 13.8 Å². The van der Waals surface area contributed by atoms with E-state index in [0.29, 0.717) is 17.2 Å². The summed E-state index contributed by atoms with van der Waals surface area (Å²) in [5.74, 6) is 0.450. The number of hydrogen-bond acceptors (Lipinski definition) is 5. The normalized spacial score (nSPS) is 10.5. The van der Waals surface area contributed by atoms with Crippen molar-refractivity contribution in [1.29, 1.82) is 0 Å². The number of thiophene rings is 1. The lowest BCUT2D eigenvalue weighted by Gasteiger charge is -1.98. The fourth-order valence-corrected chi connectivity index (χ4v) is 2.43. The van der Waals surface area contributed by atoms with Crippen molar-refractivity contribution in [1.82, 2.24) is 0 Å². The molecule has 0 aliphatic carbocycles. The molecular weight excluding hydrogens is 238 g/mol. The van der Waals surface area contributed by atoms with Gasteiger partial charge in [0.15, 0.2) is 0 Å². The predicted molar refractivity (Wildman–Crippen MR) is 67.1 cm³/mol. The molecule has 2 aromatic rings. The molecule has 0 amide bonds. The lowest BCUT2D eigenvalue weighted by molar-refractivity contribution is 0.0533. The number of furan rings is 1. The van der Waals surface area contributed by atoms with Crippen LogP contribution in [0.3, 0.4) is 0 Å². The van der Waals surface area contributed by atoms with E-state index in [2.05, 4.69) is 0 Å². The van der Waals surface area contributed by atoms with Crippen LogP contribution in [0, 0.1) is 6.92 Å². The maximum Gasteiger partial charge on any atom is 0.350 e. The number of ether oxygens (including phenoxy) is 1. The van der Waals surface area contributed by atoms with Crippen molar-refractivity contribution < 1.29 is 13.9 Å². The molecule has 0 aromatic carbocycles. The Morgan fingerprint density at radius 2 is 2.29 bits per heavy atom. The number of esters is 1. The molecule has 4 nitrogen and oxygen atoms in total. The zero-order chi connectivity index (χ0) is 12.4. The standard InChI is InChI=1S/C12H13NO3S/c1-3-15-12(14)11-9(13)5-10(17-11)8-4-7(2)16-6-8/h4-6H,3,13H2,1-2H3. The maximum absolute atomic E-state index is 11.6. The first kappa shape index (κ1) is 11.7. The smallest absolute Gasteiger partial charge is 0.350 e. The lowest BCUT2D eigenvalue weighted by Crippen LogP contribution is -2.04. The molecule has 0 atom stereocenters. The Morgan fingerprint density at radius 3 is 2.88 bits per heavy atom. The highest BCUT2D eigenvalue weighted by Crippen LogP contribution is 2.34. The van der Waals surface area contributed by atoms with Crippen LogP contribution >= 0.6 is 11.3 Å². The van der Waals surface area contributed by atoms with Crippen LogP contribution in [0.1, 0.15) is 22.4 Å². The largest absolute Gasteiger partial charge is 0.469 e. The van der Waals surface area contributed by atoms with Gasteiger partial charge in [-0.25, -0.2) is 4.79 Å². The highest BCUT2D eigenvalue weighted by Gasteiger charge is 2.16. The van der Waals surface area contributed by atoms with Crippen molar-refractivity contribution >= 4 is 23.0 Å². The van der Waals surface area contributed by atoms with E-state index in [1.54, 1.807) is 19.3 Å². The van der Waals surface area contributed by atoms with Crippen LogP contribution in [-0.2, 0) is 4.74 Å². The average molecular weight is 251 g/mol. The van der Waals surface area contributed by atoms with Crippen molar-refractivity contribution in [2.75, 3.05) is 12.3 Å². The van der Waals surface area contributed by atoms with E-state index in [1.165, 1.54) is 11.3 Å². The van der Waals surface area contributed by atoms with Crippen molar-refractivity contribution in [2.24, 2.45) is 0 Å². The Kier molecular flexibility index (Phi) is 3.19. The Hall–Kier alpha value is -1.75. The molecule has 2 rings (SSSR count). The molecule has 0 aliphatic rings. The summed E-state index contributed by atoms with van der Waals surface area (Å²) in [5.41, 5.74) is 7.17. The number of carbonyl (C=O) groups is 1. The number of aryl methyl sites for hydroxylation is 1. The van der Waals surface area contributed by atoms with Crippen LogP contribution in [0.25, 0.3) is 10.4 Å². The summed E-state index contributed by atoms with van der Waals surface area (Å²) in [4.78, 5) is 13.0. The third-order valence-corrected chi connectivity index (χ3v) is 3.42. The van der Waals surface area contributed by atoms with Crippen molar-refractivity contribution in [3.05, 3.63) is 29.0 Å². The molecule has 0 aliphatic heterocycles. The van der Waals surface area contributed by atoms with Gasteiger partial charge < -0.3 is 14.9 Å². The van der Waals surface area contributed by atoms with Gasteiger partial charge in [0.1, 0.15) is 10.6 Å². The Morgan fingerprint density at radius 1 is 1.53 bits per heavy atom. The van der Waals surface area contributed by atoms with Crippen molar-refractivity contribution in [3.8, 4) is 10.4 Å². The highest BCUT2D eigenvalue weighted by atomic mass is 32.1. The molecule has 0 saturated carbocycles. The molecule has 2 aromatic heterocycles. The van der Waals surface area contributed by atoms with Gasteiger partial charge in [-0.15, -0.1) is 11.3 Å². The van der Waals surface area contributed by atoms with E-state index in [-0.39, 0.29) is 5.97 Å². The summed E-state index contributed by atoms with van der Waals surface area (Å²) in [7, 11) is 0. The lowest BCUT2D eigenvalue weighted by atomic mass is 10.2. The van der Waals surface area contributed by atoms with Gasteiger partial charge in [0.25, 0.3) is 0 Å². The number of nitrogens with two attached hydrogens (primary N) is 1. The SMILES string of the molecule is CCOC(=O)c1sc(-c2coc(C)c2)cc1N. The molecule has 0 radical (unpaired) electrons. The minimum absolute atomic E-state index is 0.344. The fourth-order valence-electron chi connectivity index (χ4n) is 1.48. The zero-order valence-corrected chi connectivity index (χ0v) is 10.5. The number of hydrogen-bond donors (Lipinski definition) is 1.